The van der Waals surface area contributed by atoms with Gasteiger partial charge in [-0.05, 0) is 49.3 Å². The Hall–Kier alpha value is -2.58. The number of carbonyl (C=O) groups is 2. The second-order valence-electron chi connectivity index (χ2n) is 8.66. The molecule has 1 fully saturated rings. The molecule has 0 radical (unpaired) electrons. The standard InChI is InChI=1S/C22H24O8/c1-28-14-5-4-11-9-12-3-2-7-21-17(11)18(14)30-19(21)15(6-8-22(12,21)27)29-16(24)10-13(23)20(25)26/h4-6,12-13,19,23,27H,2-3,7-10H2,1H3,(H,25,26)/t12-,13-,19+,21+,22-/m0/s1. The lowest BCUT2D eigenvalue weighted by Crippen LogP contribution is -2.67. The van der Waals surface area contributed by atoms with Crippen molar-refractivity contribution >= 4 is 11.9 Å². The Morgan fingerprint density at radius 1 is 1.37 bits per heavy atom. The summed E-state index contributed by atoms with van der Waals surface area (Å²) in [4.78, 5) is 23.2. The summed E-state index contributed by atoms with van der Waals surface area (Å²) < 4.78 is 17.3. The Labute approximate surface area is 173 Å². The Bertz CT molecular complexity index is 968. The number of ether oxygens (including phenoxy) is 3. The molecule has 5 rings (SSSR count). The highest BCUT2D eigenvalue weighted by Crippen LogP contribution is 2.67. The van der Waals surface area contributed by atoms with Crippen LogP contribution in [0.2, 0.25) is 0 Å². The summed E-state index contributed by atoms with van der Waals surface area (Å²) in [5, 5.41) is 30.2. The lowest BCUT2D eigenvalue weighted by Gasteiger charge is -2.59. The predicted molar refractivity (Wildman–Crippen MR) is 102 cm³/mol. The number of aliphatic hydroxyl groups excluding tert-OH is 1. The van der Waals surface area contributed by atoms with Crippen LogP contribution in [-0.2, 0) is 26.2 Å². The summed E-state index contributed by atoms with van der Waals surface area (Å²) in [7, 11) is 1.56. The van der Waals surface area contributed by atoms with Crippen molar-refractivity contribution in [1.29, 1.82) is 0 Å². The molecule has 0 unspecified atom stereocenters. The van der Waals surface area contributed by atoms with Gasteiger partial charge in [0.25, 0.3) is 0 Å². The average Bonchev–Trinajstić information content (AvgIpc) is 3.04. The van der Waals surface area contributed by atoms with Crippen molar-refractivity contribution in [3.8, 4) is 11.5 Å². The molecule has 0 amide bonds. The highest BCUT2D eigenvalue weighted by molar-refractivity contribution is 5.81. The first kappa shape index (κ1) is 19.4. The van der Waals surface area contributed by atoms with E-state index < -0.39 is 41.6 Å². The third-order valence-electron chi connectivity index (χ3n) is 7.34. The van der Waals surface area contributed by atoms with Crippen molar-refractivity contribution in [2.75, 3.05) is 7.11 Å². The molecule has 0 aromatic heterocycles. The second-order valence-corrected chi connectivity index (χ2v) is 8.66. The van der Waals surface area contributed by atoms with Crippen molar-refractivity contribution in [1.82, 2.24) is 0 Å². The van der Waals surface area contributed by atoms with Gasteiger partial charge >= 0.3 is 11.9 Å². The fraction of sp³-hybridized carbons (Fsp3) is 0.545. The molecular weight excluding hydrogens is 392 g/mol. The molecule has 1 aromatic rings. The minimum Gasteiger partial charge on any atom is -0.493 e. The zero-order valence-electron chi connectivity index (χ0n) is 16.6. The van der Waals surface area contributed by atoms with Gasteiger partial charge < -0.3 is 29.5 Å². The summed E-state index contributed by atoms with van der Waals surface area (Å²) in [6.45, 7) is 0. The number of carbonyl (C=O) groups excluding carboxylic acids is 1. The van der Waals surface area contributed by atoms with Crippen LogP contribution in [0.25, 0.3) is 0 Å². The fourth-order valence-electron chi connectivity index (χ4n) is 6.10. The highest BCUT2D eigenvalue weighted by Gasteiger charge is 2.70. The maximum absolute atomic E-state index is 12.3. The predicted octanol–water partition coefficient (Wildman–Crippen LogP) is 1.45. The van der Waals surface area contributed by atoms with Crippen LogP contribution >= 0.6 is 0 Å². The van der Waals surface area contributed by atoms with Crippen LogP contribution in [0.15, 0.2) is 24.0 Å². The molecule has 1 saturated carbocycles. The Balaban J connectivity index is 1.58. The highest BCUT2D eigenvalue weighted by atomic mass is 16.6. The third kappa shape index (κ3) is 2.34. The maximum atomic E-state index is 12.3. The summed E-state index contributed by atoms with van der Waals surface area (Å²) in [5.74, 6) is -0.864. The summed E-state index contributed by atoms with van der Waals surface area (Å²) >= 11 is 0. The third-order valence-corrected chi connectivity index (χ3v) is 7.34. The first-order valence-corrected chi connectivity index (χ1v) is 10.2. The SMILES string of the molecule is COc1ccc2c3c1O[C@@H]1C(OC(=O)C[C@H](O)C(=O)O)=CC[C@]4(O)[C@@H](CCC[C@@]314)C2. The fourth-order valence-corrected chi connectivity index (χ4v) is 6.10. The van der Waals surface area contributed by atoms with Crippen LogP contribution < -0.4 is 9.47 Å². The first-order valence-electron chi connectivity index (χ1n) is 10.2. The van der Waals surface area contributed by atoms with E-state index >= 15 is 0 Å². The lowest BCUT2D eigenvalue weighted by atomic mass is 9.47. The van der Waals surface area contributed by atoms with Gasteiger partial charge in [-0.25, -0.2) is 4.79 Å². The van der Waals surface area contributed by atoms with Gasteiger partial charge in [0.1, 0.15) is 5.76 Å². The molecule has 8 heteroatoms. The van der Waals surface area contributed by atoms with Crippen molar-refractivity contribution in [2.24, 2.45) is 5.92 Å². The van der Waals surface area contributed by atoms with E-state index in [4.69, 9.17) is 19.3 Å². The van der Waals surface area contributed by atoms with Crippen molar-refractivity contribution in [3.05, 3.63) is 35.1 Å². The largest absolute Gasteiger partial charge is 0.493 e. The molecule has 5 atom stereocenters. The van der Waals surface area contributed by atoms with Gasteiger partial charge in [0.2, 0.25) is 0 Å². The van der Waals surface area contributed by atoms with Crippen molar-refractivity contribution < 1.29 is 39.1 Å². The molecule has 3 N–H and O–H groups in total. The Morgan fingerprint density at radius 2 is 2.17 bits per heavy atom. The second kappa shape index (κ2) is 6.46. The minimum atomic E-state index is -1.83. The molecule has 160 valence electrons. The molecule has 2 bridgehead atoms. The lowest BCUT2D eigenvalue weighted by molar-refractivity contribution is -0.163. The number of esters is 1. The van der Waals surface area contributed by atoms with E-state index in [0.717, 1.165) is 30.4 Å². The average molecular weight is 416 g/mol. The number of hydrogen-bond donors (Lipinski definition) is 3. The van der Waals surface area contributed by atoms with Crippen LogP contribution in [0.3, 0.4) is 0 Å². The van der Waals surface area contributed by atoms with Gasteiger partial charge in [0.15, 0.2) is 23.7 Å². The van der Waals surface area contributed by atoms with E-state index in [9.17, 15) is 19.8 Å². The smallest absolute Gasteiger partial charge is 0.333 e. The van der Waals surface area contributed by atoms with Crippen LogP contribution in [0.4, 0.5) is 0 Å². The number of methoxy groups -OCH3 is 1. The number of hydrogen-bond acceptors (Lipinski definition) is 7. The molecule has 1 spiro atoms. The summed E-state index contributed by atoms with van der Waals surface area (Å²) in [6, 6.07) is 3.89. The van der Waals surface area contributed by atoms with Gasteiger partial charge in [-0.2, -0.15) is 0 Å². The van der Waals surface area contributed by atoms with Gasteiger partial charge in [-0.15, -0.1) is 0 Å². The van der Waals surface area contributed by atoms with E-state index in [1.807, 2.05) is 12.1 Å². The maximum Gasteiger partial charge on any atom is 0.333 e. The van der Waals surface area contributed by atoms with Gasteiger partial charge in [-0.3, -0.25) is 4.79 Å². The van der Waals surface area contributed by atoms with Gasteiger partial charge in [0.05, 0.1) is 24.5 Å². The molecule has 3 aliphatic carbocycles. The molecule has 30 heavy (non-hydrogen) atoms. The molecule has 1 heterocycles. The van der Waals surface area contributed by atoms with Crippen molar-refractivity contribution in [3.63, 3.8) is 0 Å². The summed E-state index contributed by atoms with van der Waals surface area (Å²) in [5.41, 5.74) is 0.300. The van der Waals surface area contributed by atoms with Crippen LogP contribution in [0, 0.1) is 5.92 Å². The van der Waals surface area contributed by atoms with E-state index in [-0.39, 0.29) is 11.7 Å². The first-order chi connectivity index (χ1) is 14.3. The van der Waals surface area contributed by atoms with Gasteiger partial charge in [-0.1, -0.05) is 12.5 Å². The van der Waals surface area contributed by atoms with E-state index in [0.29, 0.717) is 24.3 Å². The number of benzene rings is 1. The molecular formula is C22H24O8. The number of carboxylic acid groups (broad SMARTS) is 1. The van der Waals surface area contributed by atoms with E-state index in [1.165, 1.54) is 0 Å². The summed E-state index contributed by atoms with van der Waals surface area (Å²) in [6.07, 6.45) is 2.06. The zero-order chi connectivity index (χ0) is 21.3. The molecule has 8 nitrogen and oxygen atoms in total. The topological polar surface area (TPSA) is 123 Å². The normalized spacial score (nSPS) is 33.6. The monoisotopic (exact) mass is 416 g/mol. The van der Waals surface area contributed by atoms with Crippen LogP contribution in [-0.4, -0.2) is 52.2 Å². The Kier molecular flexibility index (Phi) is 4.17. The number of aliphatic carboxylic acids is 1. The number of aliphatic hydroxyl groups is 2. The molecule has 0 saturated heterocycles. The molecule has 1 aliphatic heterocycles. The van der Waals surface area contributed by atoms with Gasteiger partial charge in [0, 0.05) is 5.56 Å². The van der Waals surface area contributed by atoms with E-state index in [1.54, 1.807) is 13.2 Å². The van der Waals surface area contributed by atoms with Crippen molar-refractivity contribution in [2.45, 2.75) is 61.7 Å². The Morgan fingerprint density at radius 3 is 2.90 bits per heavy atom. The van der Waals surface area contributed by atoms with Crippen LogP contribution in [0.5, 0.6) is 11.5 Å². The molecule has 1 aromatic carbocycles. The zero-order valence-corrected chi connectivity index (χ0v) is 16.6. The molecule has 4 aliphatic rings. The minimum absolute atomic E-state index is 0.0755. The van der Waals surface area contributed by atoms with E-state index in [2.05, 4.69) is 0 Å². The quantitative estimate of drug-likeness (QED) is 0.617. The number of rotatable bonds is 5. The van der Waals surface area contributed by atoms with Crippen LogP contribution in [0.1, 0.15) is 43.2 Å². The number of carboxylic acids is 1.